The average Bonchev–Trinajstić information content (AvgIpc) is 2.92. The fourth-order valence-electron chi connectivity index (χ4n) is 2.31. The first-order chi connectivity index (χ1) is 9.60. The molecular weight excluding hydrogens is 293 g/mol. The van der Waals surface area contributed by atoms with Gasteiger partial charge >= 0.3 is 0 Å². The minimum absolute atomic E-state index is 0.259. The molecule has 2 aromatic rings. The van der Waals surface area contributed by atoms with E-state index in [0.29, 0.717) is 16.1 Å². The smallest absolute Gasteiger partial charge is 0.105 e. The number of hydrogen-bond donors (Lipinski definition) is 1. The first-order valence-corrected chi connectivity index (χ1v) is 7.59. The second kappa shape index (κ2) is 7.16. The Morgan fingerprint density at radius 1 is 1.20 bits per heavy atom. The minimum atomic E-state index is 0.259. The van der Waals surface area contributed by atoms with Crippen LogP contribution in [0.15, 0.2) is 41.0 Å². The monoisotopic (exact) mass is 311 g/mol. The van der Waals surface area contributed by atoms with Gasteiger partial charge in [0.1, 0.15) is 5.76 Å². The van der Waals surface area contributed by atoms with Crippen LogP contribution < -0.4 is 5.32 Å². The van der Waals surface area contributed by atoms with Gasteiger partial charge in [-0.25, -0.2) is 0 Å². The van der Waals surface area contributed by atoms with E-state index in [-0.39, 0.29) is 6.04 Å². The zero-order chi connectivity index (χ0) is 14.5. The van der Waals surface area contributed by atoms with Crippen molar-refractivity contribution in [3.63, 3.8) is 0 Å². The van der Waals surface area contributed by atoms with Crippen molar-refractivity contribution < 1.29 is 4.42 Å². The van der Waals surface area contributed by atoms with E-state index in [2.05, 4.69) is 19.2 Å². The Morgan fingerprint density at radius 2 is 2.00 bits per heavy atom. The maximum Gasteiger partial charge on any atom is 0.105 e. The summed E-state index contributed by atoms with van der Waals surface area (Å²) in [6.07, 6.45) is 3.56. The van der Waals surface area contributed by atoms with Crippen LogP contribution in [0.1, 0.15) is 37.6 Å². The Hall–Kier alpha value is -0.960. The third-order valence-electron chi connectivity index (χ3n) is 3.33. The highest BCUT2D eigenvalue weighted by Crippen LogP contribution is 2.27. The molecule has 2 unspecified atom stereocenters. The highest BCUT2D eigenvalue weighted by atomic mass is 35.5. The Labute approximate surface area is 130 Å². The summed E-state index contributed by atoms with van der Waals surface area (Å²) in [5.74, 6) is 0.994. The summed E-state index contributed by atoms with van der Waals surface area (Å²) in [4.78, 5) is 0. The Kier molecular flexibility index (Phi) is 5.53. The average molecular weight is 312 g/mol. The molecule has 2 rings (SSSR count). The molecule has 0 amide bonds. The molecule has 0 saturated heterocycles. The Balaban J connectivity index is 2.02. The molecule has 0 saturated carbocycles. The molecule has 0 aliphatic carbocycles. The number of halogens is 2. The van der Waals surface area contributed by atoms with Crippen molar-refractivity contribution in [3.05, 3.63) is 58.0 Å². The van der Waals surface area contributed by atoms with Gasteiger partial charge in [-0.1, -0.05) is 36.2 Å². The molecule has 4 heteroatoms. The lowest BCUT2D eigenvalue weighted by molar-refractivity contribution is 0.410. The minimum Gasteiger partial charge on any atom is -0.469 e. The van der Waals surface area contributed by atoms with E-state index in [1.54, 1.807) is 6.26 Å². The molecule has 2 atom stereocenters. The summed E-state index contributed by atoms with van der Waals surface area (Å²) in [7, 11) is 0. The van der Waals surface area contributed by atoms with E-state index in [0.717, 1.165) is 24.2 Å². The molecule has 1 N–H and O–H groups in total. The maximum absolute atomic E-state index is 6.09. The molecule has 0 radical (unpaired) electrons. The summed E-state index contributed by atoms with van der Waals surface area (Å²) in [5, 5.41) is 4.80. The Bertz CT molecular complexity index is 539. The number of benzene rings is 1. The van der Waals surface area contributed by atoms with E-state index in [9.17, 15) is 0 Å². The SMILES string of the molecule is CCC(NC(C)Cc1ccco1)c1ccc(Cl)c(Cl)c1. The molecule has 1 aromatic heterocycles. The van der Waals surface area contributed by atoms with E-state index in [4.69, 9.17) is 27.6 Å². The summed E-state index contributed by atoms with van der Waals surface area (Å²) in [5.41, 5.74) is 1.16. The molecule has 0 aliphatic rings. The summed E-state index contributed by atoms with van der Waals surface area (Å²) in [6, 6.07) is 10.3. The normalized spacial score (nSPS) is 14.2. The van der Waals surface area contributed by atoms with Crippen LogP contribution in [-0.4, -0.2) is 6.04 Å². The molecule has 0 fully saturated rings. The summed E-state index contributed by atoms with van der Waals surface area (Å²) >= 11 is 12.1. The quantitative estimate of drug-likeness (QED) is 0.787. The number of rotatable bonds is 6. The van der Waals surface area contributed by atoms with E-state index in [1.165, 1.54) is 0 Å². The van der Waals surface area contributed by atoms with Crippen molar-refractivity contribution in [2.75, 3.05) is 0 Å². The second-order valence-corrected chi connectivity index (χ2v) is 5.80. The molecule has 1 aromatic carbocycles. The lowest BCUT2D eigenvalue weighted by atomic mass is 10.0. The topological polar surface area (TPSA) is 25.2 Å². The van der Waals surface area contributed by atoms with E-state index >= 15 is 0 Å². The molecule has 1 heterocycles. The van der Waals surface area contributed by atoms with Crippen molar-refractivity contribution in [2.45, 2.75) is 38.8 Å². The molecule has 108 valence electrons. The van der Waals surface area contributed by atoms with Crippen LogP contribution in [0.25, 0.3) is 0 Å². The fourth-order valence-corrected chi connectivity index (χ4v) is 2.62. The predicted octanol–water partition coefficient (Wildman–Crippen LogP) is 5.26. The molecule has 0 aliphatic heterocycles. The third kappa shape index (κ3) is 4.02. The van der Waals surface area contributed by atoms with Crippen molar-refractivity contribution in [2.24, 2.45) is 0 Å². The van der Waals surface area contributed by atoms with Gasteiger partial charge in [0.15, 0.2) is 0 Å². The fraction of sp³-hybridized carbons (Fsp3) is 0.375. The Morgan fingerprint density at radius 3 is 2.60 bits per heavy atom. The van der Waals surface area contributed by atoms with Gasteiger partial charge < -0.3 is 9.73 Å². The maximum atomic E-state index is 6.09. The van der Waals surface area contributed by atoms with Gasteiger partial charge in [0.05, 0.1) is 16.3 Å². The van der Waals surface area contributed by atoms with Crippen LogP contribution in [0, 0.1) is 0 Å². The lowest BCUT2D eigenvalue weighted by Gasteiger charge is -2.22. The van der Waals surface area contributed by atoms with Crippen molar-refractivity contribution in [1.82, 2.24) is 5.32 Å². The van der Waals surface area contributed by atoms with Crippen LogP contribution in [0.3, 0.4) is 0 Å². The van der Waals surface area contributed by atoms with E-state index in [1.807, 2.05) is 30.3 Å². The summed E-state index contributed by atoms with van der Waals surface area (Å²) < 4.78 is 5.38. The first kappa shape index (κ1) is 15.4. The van der Waals surface area contributed by atoms with Crippen LogP contribution in [-0.2, 0) is 6.42 Å². The van der Waals surface area contributed by atoms with Crippen LogP contribution in [0.5, 0.6) is 0 Å². The predicted molar refractivity (Wildman–Crippen MR) is 84.5 cm³/mol. The summed E-state index contributed by atoms with van der Waals surface area (Å²) in [6.45, 7) is 4.31. The molecule has 0 bridgehead atoms. The van der Waals surface area contributed by atoms with Gasteiger partial charge in [-0.3, -0.25) is 0 Å². The lowest BCUT2D eigenvalue weighted by Crippen LogP contribution is -2.31. The highest BCUT2D eigenvalue weighted by molar-refractivity contribution is 6.42. The van der Waals surface area contributed by atoms with Crippen molar-refractivity contribution in [3.8, 4) is 0 Å². The second-order valence-electron chi connectivity index (χ2n) is 4.99. The largest absolute Gasteiger partial charge is 0.469 e. The zero-order valence-corrected chi connectivity index (χ0v) is 13.2. The van der Waals surface area contributed by atoms with Crippen LogP contribution >= 0.6 is 23.2 Å². The first-order valence-electron chi connectivity index (χ1n) is 6.83. The molecular formula is C16H19Cl2NO. The van der Waals surface area contributed by atoms with Gasteiger partial charge in [0.2, 0.25) is 0 Å². The van der Waals surface area contributed by atoms with Crippen molar-refractivity contribution >= 4 is 23.2 Å². The van der Waals surface area contributed by atoms with Crippen molar-refractivity contribution in [1.29, 1.82) is 0 Å². The zero-order valence-electron chi connectivity index (χ0n) is 11.7. The molecule has 2 nitrogen and oxygen atoms in total. The standard InChI is InChI=1S/C16H19Cl2NO/c1-3-16(12-6-7-14(17)15(18)10-12)19-11(2)9-13-5-4-8-20-13/h4-8,10-11,16,19H,3,9H2,1-2H3. The molecule has 20 heavy (non-hydrogen) atoms. The highest BCUT2D eigenvalue weighted by Gasteiger charge is 2.14. The van der Waals surface area contributed by atoms with Gasteiger partial charge in [0, 0.05) is 18.5 Å². The number of nitrogens with one attached hydrogen (secondary N) is 1. The number of furan rings is 1. The van der Waals surface area contributed by atoms with Gasteiger partial charge in [-0.2, -0.15) is 0 Å². The van der Waals surface area contributed by atoms with Crippen LogP contribution in [0.2, 0.25) is 10.0 Å². The number of hydrogen-bond acceptors (Lipinski definition) is 2. The van der Waals surface area contributed by atoms with Gasteiger partial charge in [0.25, 0.3) is 0 Å². The van der Waals surface area contributed by atoms with E-state index < -0.39 is 0 Å². The van der Waals surface area contributed by atoms with Gasteiger partial charge in [-0.15, -0.1) is 0 Å². The molecule has 0 spiro atoms. The van der Waals surface area contributed by atoms with Gasteiger partial charge in [-0.05, 0) is 43.2 Å². The van der Waals surface area contributed by atoms with Crippen LogP contribution in [0.4, 0.5) is 0 Å². The third-order valence-corrected chi connectivity index (χ3v) is 4.07.